The first-order valence-electron chi connectivity index (χ1n) is 11.6. The molecule has 1 aromatic carbocycles. The number of benzene rings is 1. The molecule has 1 saturated heterocycles. The van der Waals surface area contributed by atoms with E-state index in [1.807, 2.05) is 37.8 Å². The van der Waals surface area contributed by atoms with Gasteiger partial charge in [-0.3, -0.25) is 14.5 Å². The predicted molar refractivity (Wildman–Crippen MR) is 127 cm³/mol. The highest BCUT2D eigenvalue weighted by atomic mass is 16.3. The molecule has 1 aliphatic rings. The van der Waals surface area contributed by atoms with Crippen LogP contribution in [0.1, 0.15) is 54.7 Å². The number of piperidine rings is 1. The van der Waals surface area contributed by atoms with Crippen LogP contribution in [0.3, 0.4) is 0 Å². The largest absolute Gasteiger partial charge is 0.448 e. The number of ketones is 1. The van der Waals surface area contributed by atoms with Crippen LogP contribution in [-0.4, -0.2) is 49.6 Å². The second kappa shape index (κ2) is 8.90. The summed E-state index contributed by atoms with van der Waals surface area (Å²) in [7, 11) is 1.90. The third-order valence-electron chi connectivity index (χ3n) is 6.57. The summed E-state index contributed by atoms with van der Waals surface area (Å²) in [5.74, 6) is 0.903. The first-order chi connectivity index (χ1) is 16.0. The van der Waals surface area contributed by atoms with Crippen LogP contribution in [0.15, 0.2) is 53.5 Å². The highest BCUT2D eigenvalue weighted by Crippen LogP contribution is 2.29. The minimum Gasteiger partial charge on any atom is -0.448 e. The summed E-state index contributed by atoms with van der Waals surface area (Å²) >= 11 is 0. The number of oxazole rings is 1. The number of likely N-dealkylation sites (tertiary alicyclic amines) is 1. The van der Waals surface area contributed by atoms with Crippen molar-refractivity contribution in [1.29, 1.82) is 0 Å². The number of aromatic nitrogens is 4. The number of fused-ring (bicyclic) bond motifs is 1. The molecule has 4 heterocycles. The molecule has 0 radical (unpaired) electrons. The van der Waals surface area contributed by atoms with Gasteiger partial charge in [0.05, 0.1) is 12.6 Å². The predicted octanol–water partition coefficient (Wildman–Crippen LogP) is 4.64. The molecule has 5 rings (SSSR count). The molecule has 0 aliphatic carbocycles. The zero-order chi connectivity index (χ0) is 22.9. The summed E-state index contributed by atoms with van der Waals surface area (Å²) in [6.07, 6.45) is 9.39. The number of carbonyl (C=O) groups excluding carboxylic acids is 1. The normalized spacial score (nSPS) is 15.5. The molecule has 4 aromatic rings. The fourth-order valence-electron chi connectivity index (χ4n) is 4.55. The van der Waals surface area contributed by atoms with Gasteiger partial charge < -0.3 is 9.32 Å². The Morgan fingerprint density at radius 2 is 1.94 bits per heavy atom. The molecule has 1 aliphatic heterocycles. The fourth-order valence-corrected chi connectivity index (χ4v) is 4.55. The number of pyridine rings is 1. The van der Waals surface area contributed by atoms with E-state index in [4.69, 9.17) is 4.42 Å². The minimum absolute atomic E-state index is 0.0696. The Balaban J connectivity index is 1.29. The quantitative estimate of drug-likeness (QED) is 0.404. The molecule has 33 heavy (non-hydrogen) atoms. The number of hydrogen-bond donors (Lipinski definition) is 0. The Morgan fingerprint density at radius 3 is 2.67 bits per heavy atom. The van der Waals surface area contributed by atoms with E-state index >= 15 is 0 Å². The van der Waals surface area contributed by atoms with E-state index in [1.165, 1.54) is 6.26 Å². The molecule has 1 fully saturated rings. The molecule has 0 amide bonds. The number of aryl methyl sites for hydroxylation is 1. The molecule has 0 saturated carbocycles. The van der Waals surface area contributed by atoms with Crippen molar-refractivity contribution in [3.05, 3.63) is 66.4 Å². The van der Waals surface area contributed by atoms with E-state index in [0.29, 0.717) is 17.6 Å². The lowest BCUT2D eigenvalue weighted by molar-refractivity contribution is 0.0987. The zero-order valence-corrected chi connectivity index (χ0v) is 19.4. The molecule has 0 spiro atoms. The van der Waals surface area contributed by atoms with Crippen LogP contribution in [0.5, 0.6) is 0 Å². The first-order valence-corrected chi connectivity index (χ1v) is 11.6. The van der Waals surface area contributed by atoms with Crippen molar-refractivity contribution in [2.45, 2.75) is 45.1 Å². The van der Waals surface area contributed by atoms with Gasteiger partial charge in [-0.2, -0.15) is 5.10 Å². The van der Waals surface area contributed by atoms with Crippen LogP contribution in [0.2, 0.25) is 0 Å². The van der Waals surface area contributed by atoms with Crippen molar-refractivity contribution in [2.24, 2.45) is 7.05 Å². The summed E-state index contributed by atoms with van der Waals surface area (Å²) < 4.78 is 7.50. The highest BCUT2D eigenvalue weighted by molar-refractivity contribution is 5.96. The zero-order valence-electron chi connectivity index (χ0n) is 19.4. The minimum atomic E-state index is -0.0696. The average molecular weight is 444 g/mol. The van der Waals surface area contributed by atoms with E-state index in [1.54, 1.807) is 4.68 Å². The number of carbonyl (C=O) groups is 1. The molecule has 7 nitrogen and oxygen atoms in total. The first kappa shape index (κ1) is 21.5. The van der Waals surface area contributed by atoms with Crippen LogP contribution in [0, 0.1) is 0 Å². The van der Waals surface area contributed by atoms with E-state index in [2.05, 4.69) is 45.9 Å². The Morgan fingerprint density at radius 1 is 1.12 bits per heavy atom. The summed E-state index contributed by atoms with van der Waals surface area (Å²) in [5, 5.41) is 6.34. The topological polar surface area (TPSA) is 77.1 Å². The maximum atomic E-state index is 12.9. The standard InChI is InChI=1S/C26H29N5O2/c1-17(2)31-8-6-18(7-9-31)26-29-24(16-33-26)25(32)12-23-11-21-10-19(4-5-20(21)13-27-23)22-14-28-30(3)15-22/h4-5,10-11,13-18H,6-9,12H2,1-3H3. The lowest BCUT2D eigenvalue weighted by atomic mass is 9.96. The van der Waals surface area contributed by atoms with Crippen molar-refractivity contribution < 1.29 is 9.21 Å². The SMILES string of the molecule is CC(C)N1CCC(c2nc(C(=O)Cc3cc4cc(-c5cnn(C)c5)ccc4cn3)co2)CC1. The van der Waals surface area contributed by atoms with Gasteiger partial charge in [0.15, 0.2) is 11.7 Å². The Labute approximate surface area is 193 Å². The number of Topliss-reactive ketones (excluding diaryl/α,β-unsaturated/α-hetero) is 1. The van der Waals surface area contributed by atoms with Gasteiger partial charge in [0.1, 0.15) is 12.0 Å². The summed E-state index contributed by atoms with van der Waals surface area (Å²) in [5.41, 5.74) is 3.26. The maximum absolute atomic E-state index is 12.9. The van der Waals surface area contributed by atoms with Crippen molar-refractivity contribution in [1.82, 2.24) is 24.6 Å². The molecule has 0 N–H and O–H groups in total. The molecule has 7 heteroatoms. The van der Waals surface area contributed by atoms with Crippen LogP contribution < -0.4 is 0 Å². The molecular formula is C26H29N5O2. The summed E-state index contributed by atoms with van der Waals surface area (Å²) in [4.78, 5) is 24.4. The Kier molecular flexibility index (Phi) is 5.81. The number of nitrogens with zero attached hydrogens (tertiary/aromatic N) is 5. The van der Waals surface area contributed by atoms with Gasteiger partial charge in [-0.15, -0.1) is 0 Å². The average Bonchev–Trinajstić information content (AvgIpc) is 3.48. The highest BCUT2D eigenvalue weighted by Gasteiger charge is 2.26. The third-order valence-corrected chi connectivity index (χ3v) is 6.57. The molecule has 3 aromatic heterocycles. The monoisotopic (exact) mass is 443 g/mol. The Bertz CT molecular complexity index is 1280. The van der Waals surface area contributed by atoms with Crippen LogP contribution >= 0.6 is 0 Å². The smallest absolute Gasteiger partial charge is 0.197 e. The van der Waals surface area contributed by atoms with Gasteiger partial charge in [-0.25, -0.2) is 4.98 Å². The van der Waals surface area contributed by atoms with E-state index in [0.717, 1.165) is 53.5 Å². The molecule has 170 valence electrons. The lowest BCUT2D eigenvalue weighted by Crippen LogP contribution is -2.37. The van der Waals surface area contributed by atoms with Crippen LogP contribution in [-0.2, 0) is 13.5 Å². The van der Waals surface area contributed by atoms with Crippen molar-refractivity contribution in [3.63, 3.8) is 0 Å². The second-order valence-corrected chi connectivity index (χ2v) is 9.22. The maximum Gasteiger partial charge on any atom is 0.197 e. The fraction of sp³-hybridized carbons (Fsp3) is 0.385. The van der Waals surface area contributed by atoms with Gasteiger partial charge in [0, 0.05) is 48.0 Å². The van der Waals surface area contributed by atoms with E-state index in [-0.39, 0.29) is 18.1 Å². The van der Waals surface area contributed by atoms with Gasteiger partial charge in [-0.1, -0.05) is 12.1 Å². The summed E-state index contributed by atoms with van der Waals surface area (Å²) in [6.45, 7) is 6.53. The van der Waals surface area contributed by atoms with Crippen LogP contribution in [0.25, 0.3) is 21.9 Å². The van der Waals surface area contributed by atoms with Gasteiger partial charge >= 0.3 is 0 Å². The molecular weight excluding hydrogens is 414 g/mol. The van der Waals surface area contributed by atoms with Gasteiger partial charge in [0.2, 0.25) is 0 Å². The molecule has 0 bridgehead atoms. The van der Waals surface area contributed by atoms with Crippen molar-refractivity contribution in [2.75, 3.05) is 13.1 Å². The second-order valence-electron chi connectivity index (χ2n) is 9.22. The van der Waals surface area contributed by atoms with Gasteiger partial charge in [-0.05, 0) is 62.9 Å². The lowest BCUT2D eigenvalue weighted by Gasteiger charge is -2.33. The van der Waals surface area contributed by atoms with E-state index < -0.39 is 0 Å². The number of hydrogen-bond acceptors (Lipinski definition) is 6. The third kappa shape index (κ3) is 4.59. The van der Waals surface area contributed by atoms with Crippen molar-refractivity contribution in [3.8, 4) is 11.1 Å². The molecule has 0 atom stereocenters. The van der Waals surface area contributed by atoms with Crippen molar-refractivity contribution >= 4 is 16.6 Å². The van der Waals surface area contributed by atoms with Crippen LogP contribution in [0.4, 0.5) is 0 Å². The van der Waals surface area contributed by atoms with Gasteiger partial charge in [0.25, 0.3) is 0 Å². The molecule has 0 unspecified atom stereocenters. The number of rotatable bonds is 6. The Hall–Kier alpha value is -3.32. The van der Waals surface area contributed by atoms with E-state index in [9.17, 15) is 4.79 Å². The summed E-state index contributed by atoms with van der Waals surface area (Å²) in [6, 6.07) is 8.76.